The molecule has 0 spiro atoms. The van der Waals surface area contributed by atoms with Crippen molar-refractivity contribution in [2.75, 3.05) is 6.61 Å². The highest BCUT2D eigenvalue weighted by atomic mass is 79.9. The molecule has 1 aromatic heterocycles. The van der Waals surface area contributed by atoms with Crippen molar-refractivity contribution < 1.29 is 9.90 Å². The lowest BCUT2D eigenvalue weighted by molar-refractivity contribution is 0.0882. The molecule has 0 fully saturated rings. The molecule has 5 heteroatoms. The van der Waals surface area contributed by atoms with Gasteiger partial charge in [-0.05, 0) is 44.0 Å². The summed E-state index contributed by atoms with van der Waals surface area (Å²) in [7, 11) is 0. The summed E-state index contributed by atoms with van der Waals surface area (Å²) in [4.78, 5) is 15.4. The molecule has 0 saturated heterocycles. The topological polar surface area (TPSA) is 65.1 Å². The summed E-state index contributed by atoms with van der Waals surface area (Å²) < 4.78 is 0.981. The molecule has 0 aliphatic heterocycles. The Morgan fingerprint density at radius 3 is 2.85 bits per heavy atom. The van der Waals surface area contributed by atoms with E-state index in [1.807, 2.05) is 38.1 Å². The number of aliphatic hydroxyl groups excluding tert-OH is 1. The minimum atomic E-state index is -0.385. The number of aromatic nitrogens is 1. The van der Waals surface area contributed by atoms with Gasteiger partial charge in [0.25, 0.3) is 5.91 Å². The summed E-state index contributed by atoms with van der Waals surface area (Å²) in [5.41, 5.74) is 1.08. The van der Waals surface area contributed by atoms with E-state index >= 15 is 0 Å². The van der Waals surface area contributed by atoms with Crippen LogP contribution in [0.5, 0.6) is 0 Å². The van der Waals surface area contributed by atoms with E-state index in [2.05, 4.69) is 26.2 Å². The SMILES string of the molecule is CCC(C)(CCO)NC(=O)c1cc2cc(Br)ccc2[nH]1. The molecule has 0 aliphatic rings. The van der Waals surface area contributed by atoms with Gasteiger partial charge in [0, 0.05) is 27.5 Å². The number of fused-ring (bicyclic) bond motifs is 1. The number of hydrogen-bond acceptors (Lipinski definition) is 2. The van der Waals surface area contributed by atoms with E-state index in [4.69, 9.17) is 5.11 Å². The highest BCUT2D eigenvalue weighted by molar-refractivity contribution is 9.10. The molecule has 0 saturated carbocycles. The number of nitrogens with one attached hydrogen (secondary N) is 2. The van der Waals surface area contributed by atoms with E-state index in [1.54, 1.807) is 0 Å². The molecule has 108 valence electrons. The van der Waals surface area contributed by atoms with Crippen LogP contribution in [0.3, 0.4) is 0 Å². The van der Waals surface area contributed by atoms with Crippen molar-refractivity contribution in [2.45, 2.75) is 32.2 Å². The number of H-pyrrole nitrogens is 1. The zero-order chi connectivity index (χ0) is 14.8. The van der Waals surface area contributed by atoms with E-state index in [0.29, 0.717) is 12.1 Å². The Morgan fingerprint density at radius 1 is 1.45 bits per heavy atom. The Labute approximate surface area is 126 Å². The van der Waals surface area contributed by atoms with E-state index in [-0.39, 0.29) is 18.1 Å². The highest BCUT2D eigenvalue weighted by Gasteiger charge is 2.24. The molecule has 4 nitrogen and oxygen atoms in total. The van der Waals surface area contributed by atoms with Gasteiger partial charge in [-0.1, -0.05) is 22.9 Å². The van der Waals surface area contributed by atoms with E-state index < -0.39 is 0 Å². The molecule has 1 unspecified atom stereocenters. The van der Waals surface area contributed by atoms with Gasteiger partial charge in [-0.3, -0.25) is 4.79 Å². The first-order chi connectivity index (χ1) is 9.47. The lowest BCUT2D eigenvalue weighted by Gasteiger charge is -2.28. The number of amides is 1. The quantitative estimate of drug-likeness (QED) is 0.783. The Kier molecular flexibility index (Phi) is 4.50. The Balaban J connectivity index is 2.22. The summed E-state index contributed by atoms with van der Waals surface area (Å²) in [5, 5.41) is 13.1. The summed E-state index contributed by atoms with van der Waals surface area (Å²) in [6, 6.07) is 7.67. The number of hydrogen-bond donors (Lipinski definition) is 3. The maximum Gasteiger partial charge on any atom is 0.268 e. The smallest absolute Gasteiger partial charge is 0.268 e. The Morgan fingerprint density at radius 2 is 2.20 bits per heavy atom. The van der Waals surface area contributed by atoms with Crippen LogP contribution >= 0.6 is 15.9 Å². The van der Waals surface area contributed by atoms with Crippen LogP contribution in [-0.4, -0.2) is 28.1 Å². The first kappa shape index (κ1) is 15.1. The Bertz CT molecular complexity index is 623. The maximum absolute atomic E-state index is 12.3. The van der Waals surface area contributed by atoms with Gasteiger partial charge < -0.3 is 15.4 Å². The van der Waals surface area contributed by atoms with Crippen LogP contribution in [0, 0.1) is 0 Å². The van der Waals surface area contributed by atoms with Crippen LogP contribution in [0.4, 0.5) is 0 Å². The van der Waals surface area contributed by atoms with Crippen LogP contribution in [0.1, 0.15) is 37.2 Å². The summed E-state index contributed by atoms with van der Waals surface area (Å²) in [6.07, 6.45) is 1.31. The third-order valence-corrected chi connectivity index (χ3v) is 4.18. The second kappa shape index (κ2) is 5.97. The molecule has 1 amide bonds. The van der Waals surface area contributed by atoms with E-state index in [9.17, 15) is 4.79 Å². The average molecular weight is 339 g/mol. The summed E-state index contributed by atoms with van der Waals surface area (Å²) >= 11 is 3.42. The largest absolute Gasteiger partial charge is 0.396 e. The lowest BCUT2D eigenvalue weighted by atomic mass is 9.95. The van der Waals surface area contributed by atoms with Crippen molar-refractivity contribution in [1.82, 2.24) is 10.3 Å². The minimum Gasteiger partial charge on any atom is -0.396 e. The fourth-order valence-corrected chi connectivity index (χ4v) is 2.52. The molecule has 1 atom stereocenters. The van der Waals surface area contributed by atoms with Gasteiger partial charge in [-0.25, -0.2) is 0 Å². The summed E-state index contributed by atoms with van der Waals surface area (Å²) in [5.74, 6) is -0.143. The molecule has 3 N–H and O–H groups in total. The third-order valence-electron chi connectivity index (χ3n) is 3.69. The first-order valence-corrected chi connectivity index (χ1v) is 7.48. The van der Waals surface area contributed by atoms with Gasteiger partial charge >= 0.3 is 0 Å². The molecule has 20 heavy (non-hydrogen) atoms. The average Bonchev–Trinajstić information content (AvgIpc) is 2.82. The lowest BCUT2D eigenvalue weighted by Crippen LogP contribution is -2.46. The van der Waals surface area contributed by atoms with Crippen molar-refractivity contribution in [2.24, 2.45) is 0 Å². The third kappa shape index (κ3) is 3.22. The second-order valence-electron chi connectivity index (χ2n) is 5.26. The van der Waals surface area contributed by atoms with Gasteiger partial charge in [0.15, 0.2) is 0 Å². The molecule has 0 aliphatic carbocycles. The zero-order valence-electron chi connectivity index (χ0n) is 11.7. The predicted octanol–water partition coefficient (Wildman–Crippen LogP) is 3.21. The van der Waals surface area contributed by atoms with Crippen LogP contribution in [0.2, 0.25) is 0 Å². The number of aromatic amines is 1. The van der Waals surface area contributed by atoms with Crippen LogP contribution < -0.4 is 5.32 Å². The molecule has 2 rings (SSSR count). The number of carbonyl (C=O) groups excluding carboxylic acids is 1. The highest BCUT2D eigenvalue weighted by Crippen LogP contribution is 2.21. The van der Waals surface area contributed by atoms with E-state index in [0.717, 1.165) is 21.8 Å². The van der Waals surface area contributed by atoms with Crippen molar-refractivity contribution in [3.63, 3.8) is 0 Å². The second-order valence-corrected chi connectivity index (χ2v) is 6.17. The molecule has 0 radical (unpaired) electrons. The number of aliphatic hydroxyl groups is 1. The van der Waals surface area contributed by atoms with Gasteiger partial charge in [0.1, 0.15) is 5.69 Å². The number of benzene rings is 1. The molecule has 1 aromatic carbocycles. The fourth-order valence-electron chi connectivity index (χ4n) is 2.14. The molecule has 1 heterocycles. The zero-order valence-corrected chi connectivity index (χ0v) is 13.3. The molecular formula is C15H19BrN2O2. The van der Waals surface area contributed by atoms with Crippen LogP contribution in [0.25, 0.3) is 10.9 Å². The summed E-state index contributed by atoms with van der Waals surface area (Å²) in [6.45, 7) is 4.00. The van der Waals surface area contributed by atoms with Crippen molar-refractivity contribution >= 4 is 32.7 Å². The van der Waals surface area contributed by atoms with Crippen LogP contribution in [0.15, 0.2) is 28.7 Å². The predicted molar refractivity (Wildman–Crippen MR) is 83.9 cm³/mol. The van der Waals surface area contributed by atoms with Crippen molar-refractivity contribution in [3.05, 3.63) is 34.4 Å². The number of rotatable bonds is 5. The fraction of sp³-hybridized carbons (Fsp3) is 0.400. The molecule has 0 bridgehead atoms. The number of halogens is 1. The van der Waals surface area contributed by atoms with Crippen LogP contribution in [-0.2, 0) is 0 Å². The van der Waals surface area contributed by atoms with E-state index in [1.165, 1.54) is 0 Å². The molecular weight excluding hydrogens is 320 g/mol. The van der Waals surface area contributed by atoms with Gasteiger partial charge in [0.05, 0.1) is 0 Å². The van der Waals surface area contributed by atoms with Crippen molar-refractivity contribution in [1.29, 1.82) is 0 Å². The number of carbonyl (C=O) groups is 1. The minimum absolute atomic E-state index is 0.0598. The van der Waals surface area contributed by atoms with Gasteiger partial charge in [0.2, 0.25) is 0 Å². The van der Waals surface area contributed by atoms with Gasteiger partial charge in [-0.15, -0.1) is 0 Å². The van der Waals surface area contributed by atoms with Crippen molar-refractivity contribution in [3.8, 4) is 0 Å². The monoisotopic (exact) mass is 338 g/mol. The normalized spacial score (nSPS) is 14.2. The molecule has 2 aromatic rings. The first-order valence-electron chi connectivity index (χ1n) is 6.69. The Hall–Kier alpha value is -1.33. The maximum atomic E-state index is 12.3. The van der Waals surface area contributed by atoms with Gasteiger partial charge in [-0.2, -0.15) is 0 Å². The standard InChI is InChI=1S/C15H19BrN2O2/c1-3-15(2,6-7-19)18-14(20)13-9-10-8-11(16)4-5-12(10)17-13/h4-5,8-9,17,19H,3,6-7H2,1-2H3,(H,18,20).